The van der Waals surface area contributed by atoms with Crippen LogP contribution in [0.25, 0.3) is 22.6 Å². The summed E-state index contributed by atoms with van der Waals surface area (Å²) in [5.41, 5.74) is 2.38. The summed E-state index contributed by atoms with van der Waals surface area (Å²) in [4.78, 5) is 4.68. The molecule has 150 valence electrons. The van der Waals surface area contributed by atoms with Crippen LogP contribution in [0.4, 0.5) is 13.2 Å². The van der Waals surface area contributed by atoms with Gasteiger partial charge >= 0.3 is 6.36 Å². The quantitative estimate of drug-likeness (QED) is 0.419. The summed E-state index contributed by atoms with van der Waals surface area (Å²) in [6.07, 6.45) is -3.15. The fourth-order valence-electron chi connectivity index (χ4n) is 3.10. The Labute approximate surface area is 164 Å². The van der Waals surface area contributed by atoms with Gasteiger partial charge in [0.2, 0.25) is 0 Å². The van der Waals surface area contributed by atoms with Crippen molar-refractivity contribution < 1.29 is 27.1 Å². The van der Waals surface area contributed by atoms with Crippen molar-refractivity contribution in [2.45, 2.75) is 19.8 Å². The Morgan fingerprint density at radius 2 is 1.79 bits per heavy atom. The molecule has 8 heteroatoms. The Morgan fingerprint density at radius 1 is 1.03 bits per heavy atom. The summed E-state index contributed by atoms with van der Waals surface area (Å²) in [5, 5.41) is 0. The maximum Gasteiger partial charge on any atom is 0.573 e. The van der Waals surface area contributed by atoms with Crippen molar-refractivity contribution in [3.63, 3.8) is 0 Å². The molecule has 0 unspecified atom stereocenters. The summed E-state index contributed by atoms with van der Waals surface area (Å²) in [5.74, 6) is 1.67. The number of furan rings is 1. The number of imidazole rings is 1. The minimum Gasteiger partial charge on any atom is -0.494 e. The van der Waals surface area contributed by atoms with Gasteiger partial charge in [0.25, 0.3) is 0 Å². The highest BCUT2D eigenvalue weighted by atomic mass is 19.4. The first kappa shape index (κ1) is 18.9. The van der Waals surface area contributed by atoms with Gasteiger partial charge in [-0.05, 0) is 48.9 Å². The number of benzene rings is 2. The van der Waals surface area contributed by atoms with Crippen LogP contribution >= 0.6 is 0 Å². The Morgan fingerprint density at radius 3 is 2.45 bits per heavy atom. The molecule has 0 saturated heterocycles. The molecule has 2 heterocycles. The average Bonchev–Trinajstić information content (AvgIpc) is 3.30. The lowest BCUT2D eigenvalue weighted by Gasteiger charge is -2.11. The summed E-state index contributed by atoms with van der Waals surface area (Å²) in [6, 6.07) is 15.0. The van der Waals surface area contributed by atoms with Gasteiger partial charge in [-0.3, -0.25) is 0 Å². The van der Waals surface area contributed by atoms with Gasteiger partial charge in [0, 0.05) is 12.6 Å². The van der Waals surface area contributed by atoms with Gasteiger partial charge in [-0.15, -0.1) is 13.2 Å². The Bertz CT molecular complexity index is 1100. The molecule has 0 saturated carbocycles. The van der Waals surface area contributed by atoms with Crippen molar-refractivity contribution in [1.82, 2.24) is 9.55 Å². The van der Waals surface area contributed by atoms with Gasteiger partial charge in [-0.1, -0.05) is 12.1 Å². The molecule has 29 heavy (non-hydrogen) atoms. The molecule has 0 bridgehead atoms. The van der Waals surface area contributed by atoms with Gasteiger partial charge in [0.1, 0.15) is 11.5 Å². The lowest BCUT2D eigenvalue weighted by Crippen LogP contribution is -2.17. The zero-order valence-electron chi connectivity index (χ0n) is 15.4. The van der Waals surface area contributed by atoms with E-state index >= 15 is 0 Å². The van der Waals surface area contributed by atoms with Gasteiger partial charge in [-0.2, -0.15) is 0 Å². The maximum absolute atomic E-state index is 12.4. The number of ether oxygens (including phenoxy) is 2. The molecule has 0 atom stereocenters. The maximum atomic E-state index is 12.4. The average molecular weight is 402 g/mol. The third-order valence-corrected chi connectivity index (χ3v) is 4.27. The van der Waals surface area contributed by atoms with Gasteiger partial charge < -0.3 is 18.5 Å². The Hall–Kier alpha value is -3.42. The third-order valence-electron chi connectivity index (χ3n) is 4.27. The third kappa shape index (κ3) is 4.21. The van der Waals surface area contributed by atoms with E-state index in [9.17, 15) is 13.2 Å². The smallest absolute Gasteiger partial charge is 0.494 e. The molecule has 0 aliphatic heterocycles. The summed E-state index contributed by atoms with van der Waals surface area (Å²) in [7, 11) is 0. The fraction of sp³-hybridized carbons (Fsp3) is 0.190. The van der Waals surface area contributed by atoms with E-state index in [1.165, 1.54) is 12.1 Å². The molecule has 4 rings (SSSR count). The molecule has 0 N–H and O–H groups in total. The van der Waals surface area contributed by atoms with Crippen LogP contribution in [0, 0.1) is 0 Å². The topological polar surface area (TPSA) is 49.4 Å². The molecule has 5 nitrogen and oxygen atoms in total. The van der Waals surface area contributed by atoms with Gasteiger partial charge in [0.05, 0.1) is 23.9 Å². The molecule has 4 aromatic rings. The van der Waals surface area contributed by atoms with Crippen LogP contribution in [0.5, 0.6) is 11.5 Å². The number of halogens is 3. The van der Waals surface area contributed by atoms with E-state index in [0.717, 1.165) is 16.6 Å². The van der Waals surface area contributed by atoms with E-state index in [0.29, 0.717) is 30.5 Å². The van der Waals surface area contributed by atoms with E-state index in [-0.39, 0.29) is 5.75 Å². The molecular formula is C21H17F3N2O3. The number of hydrogen-bond acceptors (Lipinski definition) is 4. The normalized spacial score (nSPS) is 11.7. The van der Waals surface area contributed by atoms with Crippen molar-refractivity contribution in [3.05, 3.63) is 66.4 Å². The van der Waals surface area contributed by atoms with Crippen molar-refractivity contribution in [1.29, 1.82) is 0 Å². The van der Waals surface area contributed by atoms with Crippen LogP contribution in [0.15, 0.2) is 65.3 Å². The van der Waals surface area contributed by atoms with Gasteiger partial charge in [-0.25, -0.2) is 4.98 Å². The molecule has 0 amide bonds. The second kappa shape index (κ2) is 7.54. The highest BCUT2D eigenvalue weighted by molar-refractivity contribution is 5.81. The lowest BCUT2D eigenvalue weighted by molar-refractivity contribution is -0.274. The van der Waals surface area contributed by atoms with E-state index in [1.54, 1.807) is 30.5 Å². The van der Waals surface area contributed by atoms with Crippen LogP contribution in [0.1, 0.15) is 12.5 Å². The first-order chi connectivity index (χ1) is 13.9. The van der Waals surface area contributed by atoms with Crippen LogP contribution in [0.2, 0.25) is 0 Å². The van der Waals surface area contributed by atoms with Crippen LogP contribution < -0.4 is 9.47 Å². The highest BCUT2D eigenvalue weighted by Gasteiger charge is 2.31. The minimum atomic E-state index is -4.72. The zero-order valence-corrected chi connectivity index (χ0v) is 15.4. The number of alkyl halides is 3. The van der Waals surface area contributed by atoms with Crippen molar-refractivity contribution in [3.8, 4) is 23.1 Å². The second-order valence-electron chi connectivity index (χ2n) is 6.27. The van der Waals surface area contributed by atoms with Crippen LogP contribution in [0.3, 0.4) is 0 Å². The zero-order chi connectivity index (χ0) is 20.4. The van der Waals surface area contributed by atoms with Crippen LogP contribution in [-0.2, 0) is 6.54 Å². The van der Waals surface area contributed by atoms with Crippen molar-refractivity contribution in [2.75, 3.05) is 6.61 Å². The summed E-state index contributed by atoms with van der Waals surface area (Å²) in [6.45, 7) is 2.85. The van der Waals surface area contributed by atoms with Gasteiger partial charge in [0.15, 0.2) is 11.6 Å². The molecule has 0 aliphatic carbocycles. The molecule has 2 aromatic heterocycles. The highest BCUT2D eigenvalue weighted by Crippen LogP contribution is 2.29. The van der Waals surface area contributed by atoms with E-state index in [4.69, 9.17) is 9.15 Å². The first-order valence-corrected chi connectivity index (χ1v) is 8.94. The summed E-state index contributed by atoms with van der Waals surface area (Å²) < 4.78 is 54.0. The fourth-order valence-corrected chi connectivity index (χ4v) is 3.10. The number of fused-ring (bicyclic) bond motifs is 1. The molecule has 2 aromatic carbocycles. The minimum absolute atomic E-state index is 0.260. The molecule has 0 aliphatic rings. The molecular weight excluding hydrogens is 385 g/mol. The Balaban J connectivity index is 1.71. The number of aromatic nitrogens is 2. The predicted molar refractivity (Wildman–Crippen MR) is 101 cm³/mol. The summed E-state index contributed by atoms with van der Waals surface area (Å²) >= 11 is 0. The first-order valence-electron chi connectivity index (χ1n) is 8.94. The number of nitrogens with zero attached hydrogens (tertiary/aromatic N) is 2. The standard InChI is InChI=1S/C21H17F3N2O3/c1-2-27-16-9-10-18-17(12-16)25-20(19-4-3-11-28-19)26(18)13-14-5-7-15(8-6-14)29-21(22,23)24/h3-12H,2,13H2,1H3. The largest absolute Gasteiger partial charge is 0.573 e. The van der Waals surface area contributed by atoms with Crippen molar-refractivity contribution in [2.24, 2.45) is 0 Å². The van der Waals surface area contributed by atoms with Crippen LogP contribution in [-0.4, -0.2) is 22.5 Å². The van der Waals surface area contributed by atoms with E-state index in [1.807, 2.05) is 29.7 Å². The number of hydrogen-bond donors (Lipinski definition) is 0. The Kier molecular flexibility index (Phi) is 4.92. The van der Waals surface area contributed by atoms with E-state index in [2.05, 4.69) is 9.72 Å². The predicted octanol–water partition coefficient (Wildman–Crippen LogP) is 5.64. The second-order valence-corrected chi connectivity index (χ2v) is 6.27. The molecule has 0 fully saturated rings. The van der Waals surface area contributed by atoms with Crippen molar-refractivity contribution >= 4 is 11.0 Å². The molecule has 0 radical (unpaired) electrons. The monoisotopic (exact) mass is 402 g/mol. The van der Waals surface area contributed by atoms with E-state index < -0.39 is 6.36 Å². The lowest BCUT2D eigenvalue weighted by atomic mass is 10.2. The molecule has 0 spiro atoms. The number of rotatable bonds is 6. The SMILES string of the molecule is CCOc1ccc2c(c1)nc(-c1ccco1)n2Cc1ccc(OC(F)(F)F)cc1.